The minimum Gasteiger partial charge on any atom is -0.455 e. The van der Waals surface area contributed by atoms with Crippen molar-refractivity contribution in [2.75, 3.05) is 0 Å². The summed E-state index contributed by atoms with van der Waals surface area (Å²) >= 11 is 0. The molecule has 53 heavy (non-hydrogen) atoms. The first-order valence-electron chi connectivity index (χ1n) is 17.8. The first-order valence-corrected chi connectivity index (χ1v) is 17.8. The maximum absolute atomic E-state index is 6.49. The maximum Gasteiger partial charge on any atom is 0.164 e. The third kappa shape index (κ3) is 5.63. The number of nitrogens with zero attached hydrogens (tertiary/aromatic N) is 3. The number of aromatic nitrogens is 3. The average molecular weight is 678 g/mol. The van der Waals surface area contributed by atoms with Gasteiger partial charge in [-0.3, -0.25) is 0 Å². The lowest BCUT2D eigenvalue weighted by atomic mass is 9.97. The summed E-state index contributed by atoms with van der Waals surface area (Å²) in [6.45, 7) is 0. The molecular weight excluding hydrogens is 647 g/mol. The van der Waals surface area contributed by atoms with E-state index in [9.17, 15) is 0 Å². The Labute approximate surface area is 306 Å². The van der Waals surface area contributed by atoms with Crippen LogP contribution in [0.2, 0.25) is 0 Å². The minimum atomic E-state index is 0.595. The molecule has 4 nitrogen and oxygen atoms in total. The lowest BCUT2D eigenvalue weighted by molar-refractivity contribution is 0.670. The highest BCUT2D eigenvalue weighted by Gasteiger charge is 2.19. The molecule has 248 valence electrons. The first-order chi connectivity index (χ1) is 26.2. The molecule has 8 aromatic carbocycles. The molecule has 0 aliphatic carbocycles. The molecule has 0 bridgehead atoms. The zero-order valence-electron chi connectivity index (χ0n) is 28.6. The Morgan fingerprint density at radius 3 is 1.72 bits per heavy atom. The van der Waals surface area contributed by atoms with Gasteiger partial charge in [0.05, 0.1) is 0 Å². The zero-order chi connectivity index (χ0) is 35.1. The van der Waals surface area contributed by atoms with Crippen LogP contribution in [0.1, 0.15) is 0 Å². The quantitative estimate of drug-likeness (QED) is 0.176. The molecule has 0 atom stereocenters. The third-order valence-electron chi connectivity index (χ3n) is 9.95. The predicted octanol–water partition coefficient (Wildman–Crippen LogP) is 12.9. The fourth-order valence-electron chi connectivity index (χ4n) is 7.28. The molecule has 0 fully saturated rings. The number of hydrogen-bond donors (Lipinski definition) is 0. The molecule has 0 unspecified atom stereocenters. The van der Waals surface area contributed by atoms with Gasteiger partial charge in [-0.25, -0.2) is 15.0 Å². The summed E-state index contributed by atoms with van der Waals surface area (Å²) in [5.74, 6) is 1.81. The van der Waals surface area contributed by atoms with E-state index in [1.165, 1.54) is 16.3 Å². The van der Waals surface area contributed by atoms with Gasteiger partial charge in [-0.2, -0.15) is 0 Å². The van der Waals surface area contributed by atoms with Crippen molar-refractivity contribution in [1.29, 1.82) is 0 Å². The first kappa shape index (κ1) is 30.6. The SMILES string of the molecule is c1ccc(-c2cccc(-c3nc(-c4ccc(-c5ccc6ccccc6c5)cc4)nc(-c4ccccc4-c4cccc5c4oc4ccccc45)n3)c2)cc1. The molecule has 2 aromatic heterocycles. The maximum atomic E-state index is 6.49. The number of para-hydroxylation sites is 2. The molecule has 10 rings (SSSR count). The normalized spacial score (nSPS) is 11.4. The van der Waals surface area contributed by atoms with E-state index in [1.54, 1.807) is 0 Å². The van der Waals surface area contributed by atoms with Gasteiger partial charge in [-0.15, -0.1) is 0 Å². The van der Waals surface area contributed by atoms with Crippen molar-refractivity contribution in [1.82, 2.24) is 15.0 Å². The van der Waals surface area contributed by atoms with Crippen molar-refractivity contribution >= 4 is 32.7 Å². The van der Waals surface area contributed by atoms with Gasteiger partial charge in [0.2, 0.25) is 0 Å². The van der Waals surface area contributed by atoms with Crippen molar-refractivity contribution in [3.05, 3.63) is 188 Å². The van der Waals surface area contributed by atoms with Crippen LogP contribution in [0.4, 0.5) is 0 Å². The van der Waals surface area contributed by atoms with Crippen molar-refractivity contribution in [2.45, 2.75) is 0 Å². The molecule has 0 N–H and O–H groups in total. The lowest BCUT2D eigenvalue weighted by Gasteiger charge is -2.13. The van der Waals surface area contributed by atoms with Crippen LogP contribution >= 0.6 is 0 Å². The predicted molar refractivity (Wildman–Crippen MR) is 217 cm³/mol. The largest absolute Gasteiger partial charge is 0.455 e. The Kier molecular flexibility index (Phi) is 7.43. The van der Waals surface area contributed by atoms with Crippen LogP contribution < -0.4 is 0 Å². The molecule has 2 heterocycles. The Hall–Kier alpha value is -7.17. The molecule has 0 amide bonds. The van der Waals surface area contributed by atoms with Crippen LogP contribution in [0.3, 0.4) is 0 Å². The highest BCUT2D eigenvalue weighted by Crippen LogP contribution is 2.40. The summed E-state index contributed by atoms with van der Waals surface area (Å²) in [6, 6.07) is 65.1. The average Bonchev–Trinajstić information content (AvgIpc) is 3.63. The number of benzene rings is 8. The Bertz CT molecular complexity index is 2950. The summed E-state index contributed by atoms with van der Waals surface area (Å²) in [4.78, 5) is 15.5. The lowest BCUT2D eigenvalue weighted by Crippen LogP contribution is -2.01. The van der Waals surface area contributed by atoms with Crippen LogP contribution in [0, 0.1) is 0 Å². The van der Waals surface area contributed by atoms with Crippen LogP contribution in [0.5, 0.6) is 0 Å². The van der Waals surface area contributed by atoms with Gasteiger partial charge in [-0.1, -0.05) is 170 Å². The summed E-state index contributed by atoms with van der Waals surface area (Å²) in [5, 5.41) is 4.62. The second kappa shape index (κ2) is 12.9. The van der Waals surface area contributed by atoms with Gasteiger partial charge in [0.25, 0.3) is 0 Å². The molecule has 10 aromatic rings. The van der Waals surface area contributed by atoms with Crippen molar-refractivity contribution in [3.8, 4) is 67.5 Å². The zero-order valence-corrected chi connectivity index (χ0v) is 28.6. The highest BCUT2D eigenvalue weighted by atomic mass is 16.3. The van der Waals surface area contributed by atoms with Gasteiger partial charge in [0.1, 0.15) is 11.2 Å². The number of hydrogen-bond acceptors (Lipinski definition) is 4. The van der Waals surface area contributed by atoms with Crippen LogP contribution in [0.25, 0.3) is 100 Å². The second-order valence-corrected chi connectivity index (χ2v) is 13.2. The van der Waals surface area contributed by atoms with Gasteiger partial charge in [0, 0.05) is 33.0 Å². The van der Waals surface area contributed by atoms with E-state index in [0.29, 0.717) is 17.5 Å². The van der Waals surface area contributed by atoms with Crippen molar-refractivity contribution in [2.24, 2.45) is 0 Å². The van der Waals surface area contributed by atoms with Gasteiger partial charge in [-0.05, 0) is 56.8 Å². The van der Waals surface area contributed by atoms with Crippen LogP contribution in [-0.4, -0.2) is 15.0 Å². The molecule has 0 spiro atoms. The molecule has 0 aliphatic heterocycles. The Morgan fingerprint density at radius 1 is 0.302 bits per heavy atom. The van der Waals surface area contributed by atoms with E-state index in [4.69, 9.17) is 19.4 Å². The van der Waals surface area contributed by atoms with Gasteiger partial charge in [0.15, 0.2) is 17.5 Å². The number of furan rings is 1. The standard InChI is InChI=1S/C49H31N3O/c1-2-12-32(13-3-1)37-16-10-17-39(31-37)48-50-47(35-27-24-34(25-28-35)38-29-26-33-14-4-5-15-36(33)30-38)51-49(52-48)44-20-7-6-18-40(44)42-21-11-22-43-41-19-8-9-23-45(41)53-46(42)43/h1-31H. The smallest absolute Gasteiger partial charge is 0.164 e. The third-order valence-corrected chi connectivity index (χ3v) is 9.95. The summed E-state index contributed by atoms with van der Waals surface area (Å²) in [6.07, 6.45) is 0. The van der Waals surface area contributed by atoms with E-state index >= 15 is 0 Å². The summed E-state index contributed by atoms with van der Waals surface area (Å²) < 4.78 is 6.49. The minimum absolute atomic E-state index is 0.595. The fraction of sp³-hybridized carbons (Fsp3) is 0. The number of rotatable bonds is 6. The van der Waals surface area contributed by atoms with Crippen molar-refractivity contribution in [3.63, 3.8) is 0 Å². The Morgan fingerprint density at radius 2 is 0.849 bits per heavy atom. The topological polar surface area (TPSA) is 51.8 Å². The van der Waals surface area contributed by atoms with Gasteiger partial charge < -0.3 is 4.42 Å². The molecule has 0 radical (unpaired) electrons. The highest BCUT2D eigenvalue weighted by molar-refractivity contribution is 6.10. The molecule has 4 heteroatoms. The summed E-state index contributed by atoms with van der Waals surface area (Å²) in [7, 11) is 0. The summed E-state index contributed by atoms with van der Waals surface area (Å²) in [5.41, 5.74) is 11.0. The van der Waals surface area contributed by atoms with Crippen LogP contribution in [0.15, 0.2) is 192 Å². The van der Waals surface area contributed by atoms with Crippen molar-refractivity contribution < 1.29 is 4.42 Å². The second-order valence-electron chi connectivity index (χ2n) is 13.2. The molecular formula is C49H31N3O. The van der Waals surface area contributed by atoms with E-state index < -0.39 is 0 Å². The van der Waals surface area contributed by atoms with E-state index in [2.05, 4.69) is 158 Å². The number of fused-ring (bicyclic) bond motifs is 4. The fourth-order valence-corrected chi connectivity index (χ4v) is 7.28. The van der Waals surface area contributed by atoms with E-state index in [-0.39, 0.29) is 0 Å². The van der Waals surface area contributed by atoms with E-state index in [1.807, 2.05) is 30.3 Å². The monoisotopic (exact) mass is 677 g/mol. The van der Waals surface area contributed by atoms with Gasteiger partial charge >= 0.3 is 0 Å². The molecule has 0 saturated carbocycles. The molecule has 0 saturated heterocycles. The molecule has 0 aliphatic rings. The van der Waals surface area contributed by atoms with E-state index in [0.717, 1.165) is 66.4 Å². The Balaban J connectivity index is 1.13. The van der Waals surface area contributed by atoms with Crippen LogP contribution in [-0.2, 0) is 0 Å².